The molecule has 7 heteroatoms. The van der Waals surface area contributed by atoms with Crippen LogP contribution in [-0.4, -0.2) is 21.3 Å². The molecule has 0 fully saturated rings. The first-order chi connectivity index (χ1) is 9.08. The van der Waals surface area contributed by atoms with Crippen LogP contribution in [0.3, 0.4) is 0 Å². The molecule has 5 nitrogen and oxygen atoms in total. The molecule has 1 aromatic carbocycles. The van der Waals surface area contributed by atoms with Crippen LogP contribution in [0.15, 0.2) is 22.6 Å². The molecule has 0 saturated heterocycles. The van der Waals surface area contributed by atoms with Crippen LogP contribution in [0.1, 0.15) is 18.7 Å². The molecule has 0 aliphatic carbocycles. The third-order valence-electron chi connectivity index (χ3n) is 2.42. The fourth-order valence-electron chi connectivity index (χ4n) is 1.55. The minimum Gasteiger partial charge on any atom is -0.481 e. The average Bonchev–Trinajstić information content (AvgIpc) is 2.77. The number of nitrogens with zero attached hydrogens (tertiary/aromatic N) is 2. The number of benzene rings is 1. The highest BCUT2D eigenvalue weighted by Crippen LogP contribution is 2.29. The van der Waals surface area contributed by atoms with Gasteiger partial charge in [-0.15, -0.1) is 10.2 Å². The number of rotatable bonds is 5. The van der Waals surface area contributed by atoms with Crippen molar-refractivity contribution in [3.63, 3.8) is 0 Å². The number of hydrogen-bond donors (Lipinski definition) is 1. The van der Waals surface area contributed by atoms with Gasteiger partial charge in [-0.05, 0) is 18.6 Å². The molecular weight excluding hydrogens is 275 g/mol. The molecule has 0 spiro atoms. The van der Waals surface area contributed by atoms with Crippen molar-refractivity contribution in [2.24, 2.45) is 0 Å². The van der Waals surface area contributed by atoms with Gasteiger partial charge < -0.3 is 9.52 Å². The van der Waals surface area contributed by atoms with Gasteiger partial charge in [0.15, 0.2) is 0 Å². The molecule has 0 aliphatic heterocycles. The van der Waals surface area contributed by atoms with Gasteiger partial charge in [-0.25, -0.2) is 4.39 Å². The van der Waals surface area contributed by atoms with Gasteiger partial charge in [-0.2, -0.15) is 0 Å². The first-order valence-corrected chi connectivity index (χ1v) is 5.94. The van der Waals surface area contributed by atoms with Gasteiger partial charge in [0.1, 0.15) is 5.82 Å². The summed E-state index contributed by atoms with van der Waals surface area (Å²) in [4.78, 5) is 10.4. The Morgan fingerprint density at radius 1 is 1.42 bits per heavy atom. The number of carbonyl (C=O) groups is 1. The SMILES string of the molecule is O=C(O)CCCc1nnc(-c2c(F)cccc2Cl)o1. The summed E-state index contributed by atoms with van der Waals surface area (Å²) in [6, 6.07) is 4.25. The van der Waals surface area contributed by atoms with Crippen molar-refractivity contribution in [3.05, 3.63) is 34.9 Å². The Kier molecular flexibility index (Phi) is 4.11. The number of aromatic nitrogens is 2. The Labute approximate surface area is 113 Å². The van der Waals surface area contributed by atoms with E-state index in [1.165, 1.54) is 18.2 Å². The van der Waals surface area contributed by atoms with E-state index in [-0.39, 0.29) is 28.8 Å². The monoisotopic (exact) mass is 284 g/mol. The van der Waals surface area contributed by atoms with E-state index in [0.717, 1.165) is 0 Å². The number of halogens is 2. The van der Waals surface area contributed by atoms with Crippen molar-refractivity contribution in [1.29, 1.82) is 0 Å². The van der Waals surface area contributed by atoms with Gasteiger partial charge in [0.05, 0.1) is 10.6 Å². The van der Waals surface area contributed by atoms with Crippen LogP contribution in [0.2, 0.25) is 5.02 Å². The van der Waals surface area contributed by atoms with E-state index in [4.69, 9.17) is 21.1 Å². The quantitative estimate of drug-likeness (QED) is 0.913. The molecule has 0 bridgehead atoms. The predicted molar refractivity (Wildman–Crippen MR) is 65.3 cm³/mol. The van der Waals surface area contributed by atoms with Crippen LogP contribution in [0.5, 0.6) is 0 Å². The van der Waals surface area contributed by atoms with Crippen LogP contribution < -0.4 is 0 Å². The summed E-state index contributed by atoms with van der Waals surface area (Å²) in [7, 11) is 0. The molecule has 0 aliphatic rings. The van der Waals surface area contributed by atoms with Gasteiger partial charge in [0.25, 0.3) is 5.89 Å². The molecule has 0 radical (unpaired) electrons. The van der Waals surface area contributed by atoms with E-state index in [1.807, 2.05) is 0 Å². The van der Waals surface area contributed by atoms with E-state index in [0.29, 0.717) is 12.8 Å². The molecule has 0 amide bonds. The minimum absolute atomic E-state index is 0.00609. The number of aryl methyl sites for hydroxylation is 1. The highest BCUT2D eigenvalue weighted by Gasteiger charge is 2.16. The summed E-state index contributed by atoms with van der Waals surface area (Å²) >= 11 is 5.87. The summed E-state index contributed by atoms with van der Waals surface area (Å²) in [5.41, 5.74) is 0.0566. The maximum atomic E-state index is 13.6. The highest BCUT2D eigenvalue weighted by molar-refractivity contribution is 6.33. The maximum Gasteiger partial charge on any atom is 0.303 e. The fraction of sp³-hybridized carbons (Fsp3) is 0.250. The van der Waals surface area contributed by atoms with Crippen LogP contribution in [-0.2, 0) is 11.2 Å². The van der Waals surface area contributed by atoms with E-state index in [1.54, 1.807) is 0 Å². The highest BCUT2D eigenvalue weighted by atomic mass is 35.5. The van der Waals surface area contributed by atoms with Crippen LogP contribution >= 0.6 is 11.6 Å². The van der Waals surface area contributed by atoms with Crippen LogP contribution in [0.4, 0.5) is 4.39 Å². The molecular formula is C12H10ClFN2O3. The lowest BCUT2D eigenvalue weighted by molar-refractivity contribution is -0.137. The van der Waals surface area contributed by atoms with E-state index >= 15 is 0 Å². The predicted octanol–water partition coefficient (Wildman–Crippen LogP) is 2.94. The fourth-order valence-corrected chi connectivity index (χ4v) is 1.79. The molecule has 2 aromatic rings. The summed E-state index contributed by atoms with van der Waals surface area (Å²) < 4.78 is 18.9. The third kappa shape index (κ3) is 3.29. The van der Waals surface area contributed by atoms with Gasteiger partial charge in [0.2, 0.25) is 5.89 Å². The van der Waals surface area contributed by atoms with E-state index in [2.05, 4.69) is 10.2 Å². The lowest BCUT2D eigenvalue weighted by Crippen LogP contribution is -1.95. The Morgan fingerprint density at radius 3 is 2.89 bits per heavy atom. The van der Waals surface area contributed by atoms with E-state index < -0.39 is 11.8 Å². The number of carboxylic acids is 1. The lowest BCUT2D eigenvalue weighted by Gasteiger charge is -1.99. The van der Waals surface area contributed by atoms with Crippen molar-refractivity contribution < 1.29 is 18.7 Å². The van der Waals surface area contributed by atoms with Gasteiger partial charge >= 0.3 is 5.97 Å². The molecule has 0 atom stereocenters. The number of carboxylic acid groups (broad SMARTS) is 1. The molecule has 100 valence electrons. The summed E-state index contributed by atoms with van der Waals surface area (Å²) in [5.74, 6) is -1.19. The molecule has 0 saturated carbocycles. The standard InChI is InChI=1S/C12H10ClFN2O3/c13-7-3-1-4-8(14)11(7)12-16-15-9(19-12)5-2-6-10(17)18/h1,3-4H,2,5-6H2,(H,17,18). The average molecular weight is 285 g/mol. The zero-order valence-electron chi connectivity index (χ0n) is 9.77. The number of aliphatic carboxylic acids is 1. The Morgan fingerprint density at radius 2 is 2.21 bits per heavy atom. The van der Waals surface area contributed by atoms with Gasteiger partial charge in [-0.3, -0.25) is 4.79 Å². The van der Waals surface area contributed by atoms with Crippen molar-refractivity contribution in [2.45, 2.75) is 19.3 Å². The molecule has 1 aromatic heterocycles. The molecule has 19 heavy (non-hydrogen) atoms. The Balaban J connectivity index is 2.15. The number of hydrogen-bond acceptors (Lipinski definition) is 4. The van der Waals surface area contributed by atoms with Crippen LogP contribution in [0, 0.1) is 5.82 Å². The van der Waals surface area contributed by atoms with Crippen molar-refractivity contribution in [2.75, 3.05) is 0 Å². The summed E-state index contributed by atoms with van der Waals surface area (Å²) in [6.45, 7) is 0. The van der Waals surface area contributed by atoms with Gasteiger partial charge in [-0.1, -0.05) is 17.7 Å². The minimum atomic E-state index is -0.892. The van der Waals surface area contributed by atoms with Gasteiger partial charge in [0, 0.05) is 12.8 Å². The zero-order chi connectivity index (χ0) is 13.8. The van der Waals surface area contributed by atoms with Crippen molar-refractivity contribution >= 4 is 17.6 Å². The second kappa shape index (κ2) is 5.79. The Hall–Kier alpha value is -1.95. The molecule has 1 N–H and O–H groups in total. The second-order valence-corrected chi connectivity index (χ2v) is 4.25. The summed E-state index contributed by atoms with van der Waals surface area (Å²) in [5, 5.41) is 16.1. The molecule has 2 rings (SSSR count). The zero-order valence-corrected chi connectivity index (χ0v) is 10.5. The third-order valence-corrected chi connectivity index (χ3v) is 2.74. The van der Waals surface area contributed by atoms with Crippen molar-refractivity contribution in [3.8, 4) is 11.5 Å². The topological polar surface area (TPSA) is 76.2 Å². The maximum absolute atomic E-state index is 13.6. The smallest absolute Gasteiger partial charge is 0.303 e. The summed E-state index contributed by atoms with van der Waals surface area (Å²) in [6.07, 6.45) is 0.714. The normalized spacial score (nSPS) is 10.6. The molecule has 1 heterocycles. The first-order valence-electron chi connectivity index (χ1n) is 5.56. The van der Waals surface area contributed by atoms with Crippen LogP contribution in [0.25, 0.3) is 11.5 Å². The Bertz CT molecular complexity index is 580. The lowest BCUT2D eigenvalue weighted by atomic mass is 10.2. The largest absolute Gasteiger partial charge is 0.481 e. The first kappa shape index (κ1) is 13.5. The second-order valence-electron chi connectivity index (χ2n) is 3.84. The molecule has 0 unspecified atom stereocenters. The van der Waals surface area contributed by atoms with Crippen molar-refractivity contribution in [1.82, 2.24) is 10.2 Å². The van der Waals surface area contributed by atoms with E-state index in [9.17, 15) is 9.18 Å².